The highest BCUT2D eigenvalue weighted by molar-refractivity contribution is 9.10. The topological polar surface area (TPSA) is 43.3 Å². The molecule has 0 aliphatic carbocycles. The zero-order valence-electron chi connectivity index (χ0n) is 11.2. The van der Waals surface area contributed by atoms with E-state index in [1.807, 2.05) is 23.8 Å². The highest BCUT2D eigenvalue weighted by atomic mass is 79.9. The third-order valence-corrected chi connectivity index (χ3v) is 3.13. The van der Waals surface area contributed by atoms with Gasteiger partial charge in [0.2, 0.25) is 0 Å². The van der Waals surface area contributed by atoms with Crippen molar-refractivity contribution in [3.8, 4) is 0 Å². The first-order valence-electron chi connectivity index (χ1n) is 6.24. The van der Waals surface area contributed by atoms with E-state index in [4.69, 9.17) is 4.74 Å². The molecule has 0 spiro atoms. The second-order valence-corrected chi connectivity index (χ2v) is 5.31. The molecule has 0 aliphatic rings. The Hall–Kier alpha value is -0.810. The number of hydrogen-bond donors (Lipinski definition) is 1. The maximum atomic E-state index is 12.1. The van der Waals surface area contributed by atoms with Gasteiger partial charge in [-0.3, -0.25) is 4.79 Å². The number of rotatable bonds is 7. The van der Waals surface area contributed by atoms with E-state index in [-0.39, 0.29) is 11.9 Å². The number of aryl methyl sites for hydroxylation is 1. The molecule has 0 radical (unpaired) electrons. The van der Waals surface area contributed by atoms with Crippen LogP contribution in [0.15, 0.2) is 16.7 Å². The van der Waals surface area contributed by atoms with E-state index in [0.717, 1.165) is 23.9 Å². The van der Waals surface area contributed by atoms with Gasteiger partial charge in [-0.25, -0.2) is 0 Å². The van der Waals surface area contributed by atoms with Gasteiger partial charge in [-0.15, -0.1) is 0 Å². The first kappa shape index (κ1) is 15.2. The number of carbonyl (C=O) groups is 1. The molecule has 1 aromatic rings. The van der Waals surface area contributed by atoms with Crippen LogP contribution in [-0.2, 0) is 11.3 Å². The predicted molar refractivity (Wildman–Crippen MR) is 75.8 cm³/mol. The van der Waals surface area contributed by atoms with E-state index in [9.17, 15) is 4.79 Å². The molecule has 5 heteroatoms. The quantitative estimate of drug-likeness (QED) is 0.840. The van der Waals surface area contributed by atoms with Crippen LogP contribution in [-0.4, -0.2) is 30.2 Å². The second kappa shape index (κ2) is 7.59. The van der Waals surface area contributed by atoms with Crippen molar-refractivity contribution in [1.82, 2.24) is 9.88 Å². The number of aromatic nitrogens is 1. The summed E-state index contributed by atoms with van der Waals surface area (Å²) in [5.74, 6) is -0.0299. The Kier molecular flexibility index (Phi) is 6.43. The fraction of sp³-hybridized carbons (Fsp3) is 0.615. The fourth-order valence-corrected chi connectivity index (χ4v) is 2.22. The lowest BCUT2D eigenvalue weighted by atomic mass is 10.2. The highest BCUT2D eigenvalue weighted by Gasteiger charge is 2.14. The van der Waals surface area contributed by atoms with Crippen LogP contribution in [0, 0.1) is 0 Å². The first-order valence-corrected chi connectivity index (χ1v) is 7.03. The van der Waals surface area contributed by atoms with Crippen LogP contribution < -0.4 is 5.32 Å². The average Bonchev–Trinajstić information content (AvgIpc) is 2.68. The Balaban J connectivity index is 2.65. The van der Waals surface area contributed by atoms with Crippen molar-refractivity contribution in [2.75, 3.05) is 13.7 Å². The van der Waals surface area contributed by atoms with Crippen LogP contribution in [0.25, 0.3) is 0 Å². The highest BCUT2D eigenvalue weighted by Crippen LogP contribution is 2.15. The lowest BCUT2D eigenvalue weighted by Gasteiger charge is -2.14. The number of hydrogen-bond acceptors (Lipinski definition) is 2. The van der Waals surface area contributed by atoms with Crippen molar-refractivity contribution in [3.63, 3.8) is 0 Å². The number of methoxy groups -OCH3 is 1. The molecule has 1 unspecified atom stereocenters. The Labute approximate surface area is 117 Å². The summed E-state index contributed by atoms with van der Waals surface area (Å²) in [6, 6.07) is 1.97. The molecule has 1 rings (SSSR count). The molecule has 1 aromatic heterocycles. The minimum Gasteiger partial charge on any atom is -0.385 e. The van der Waals surface area contributed by atoms with Gasteiger partial charge in [0.25, 0.3) is 5.91 Å². The lowest BCUT2D eigenvalue weighted by Crippen LogP contribution is -2.34. The molecule has 0 aromatic carbocycles. The number of nitrogens with one attached hydrogen (secondary N) is 1. The van der Waals surface area contributed by atoms with E-state index in [0.29, 0.717) is 12.3 Å². The predicted octanol–water partition coefficient (Wildman–Crippen LogP) is 2.82. The van der Waals surface area contributed by atoms with Gasteiger partial charge >= 0.3 is 0 Å². The number of carbonyl (C=O) groups excluding carboxylic acids is 1. The maximum absolute atomic E-state index is 12.1. The molecule has 1 N–H and O–H groups in total. The molecule has 0 saturated carbocycles. The number of nitrogens with zero attached hydrogens (tertiary/aromatic N) is 1. The Morgan fingerprint density at radius 1 is 1.61 bits per heavy atom. The minimum absolute atomic E-state index is 0.0299. The van der Waals surface area contributed by atoms with E-state index in [1.54, 1.807) is 7.11 Å². The Morgan fingerprint density at radius 3 is 2.94 bits per heavy atom. The third kappa shape index (κ3) is 4.46. The summed E-state index contributed by atoms with van der Waals surface area (Å²) < 4.78 is 7.91. The van der Waals surface area contributed by atoms with Gasteiger partial charge < -0.3 is 14.6 Å². The number of amides is 1. The van der Waals surface area contributed by atoms with Gasteiger partial charge in [0.15, 0.2) is 0 Å². The van der Waals surface area contributed by atoms with E-state index in [1.165, 1.54) is 0 Å². The molecule has 0 aliphatic heterocycles. The van der Waals surface area contributed by atoms with Crippen LogP contribution in [0.4, 0.5) is 0 Å². The van der Waals surface area contributed by atoms with Crippen molar-refractivity contribution in [3.05, 3.63) is 22.4 Å². The monoisotopic (exact) mass is 316 g/mol. The average molecular weight is 317 g/mol. The lowest BCUT2D eigenvalue weighted by molar-refractivity contribution is 0.0920. The van der Waals surface area contributed by atoms with Crippen LogP contribution >= 0.6 is 15.9 Å². The van der Waals surface area contributed by atoms with Gasteiger partial charge in [0, 0.05) is 37.0 Å². The summed E-state index contributed by atoms with van der Waals surface area (Å²) in [5, 5.41) is 2.98. The van der Waals surface area contributed by atoms with E-state index < -0.39 is 0 Å². The normalized spacial score (nSPS) is 12.4. The van der Waals surface area contributed by atoms with Gasteiger partial charge in [-0.05, 0) is 41.8 Å². The Bertz CT molecular complexity index is 390. The molecule has 1 atom stereocenters. The smallest absolute Gasteiger partial charge is 0.268 e. The van der Waals surface area contributed by atoms with Crippen molar-refractivity contribution in [2.24, 2.45) is 0 Å². The molecule has 102 valence electrons. The number of ether oxygens (including phenoxy) is 1. The zero-order chi connectivity index (χ0) is 13.5. The van der Waals surface area contributed by atoms with Gasteiger partial charge in [0.05, 0.1) is 0 Å². The number of halogens is 1. The molecule has 0 saturated heterocycles. The summed E-state index contributed by atoms with van der Waals surface area (Å²) in [4.78, 5) is 12.1. The SMILES string of the molecule is CCCn1cc(Br)cc1C(=O)NC(C)CCOC. The molecule has 18 heavy (non-hydrogen) atoms. The van der Waals surface area contributed by atoms with E-state index in [2.05, 4.69) is 28.2 Å². The van der Waals surface area contributed by atoms with Crippen molar-refractivity contribution in [2.45, 2.75) is 39.3 Å². The summed E-state index contributed by atoms with van der Waals surface area (Å²) in [7, 11) is 1.66. The third-order valence-electron chi connectivity index (χ3n) is 2.69. The van der Waals surface area contributed by atoms with Crippen molar-refractivity contribution in [1.29, 1.82) is 0 Å². The van der Waals surface area contributed by atoms with E-state index >= 15 is 0 Å². The van der Waals surface area contributed by atoms with Crippen LogP contribution in [0.5, 0.6) is 0 Å². The summed E-state index contributed by atoms with van der Waals surface area (Å²) in [5.41, 5.74) is 0.702. The van der Waals surface area contributed by atoms with Gasteiger partial charge in [-0.1, -0.05) is 6.92 Å². The first-order chi connectivity index (χ1) is 8.58. The fourth-order valence-electron chi connectivity index (χ4n) is 1.76. The molecular weight excluding hydrogens is 296 g/mol. The Morgan fingerprint density at radius 2 is 2.33 bits per heavy atom. The molecule has 0 fully saturated rings. The molecule has 1 heterocycles. The summed E-state index contributed by atoms with van der Waals surface area (Å²) in [6.45, 7) is 5.58. The van der Waals surface area contributed by atoms with Crippen LogP contribution in [0.1, 0.15) is 37.2 Å². The second-order valence-electron chi connectivity index (χ2n) is 4.39. The van der Waals surface area contributed by atoms with Gasteiger partial charge in [-0.2, -0.15) is 0 Å². The molecular formula is C13H21BrN2O2. The minimum atomic E-state index is -0.0299. The van der Waals surface area contributed by atoms with Crippen LogP contribution in [0.3, 0.4) is 0 Å². The molecule has 4 nitrogen and oxygen atoms in total. The van der Waals surface area contributed by atoms with Crippen molar-refractivity contribution >= 4 is 21.8 Å². The standard InChI is InChI=1S/C13H21BrN2O2/c1-4-6-16-9-11(14)8-12(16)13(17)15-10(2)5-7-18-3/h8-10H,4-7H2,1-3H3,(H,15,17). The largest absolute Gasteiger partial charge is 0.385 e. The summed E-state index contributed by atoms with van der Waals surface area (Å²) in [6.07, 6.45) is 3.76. The van der Waals surface area contributed by atoms with Crippen LogP contribution in [0.2, 0.25) is 0 Å². The van der Waals surface area contributed by atoms with Gasteiger partial charge in [0.1, 0.15) is 5.69 Å². The maximum Gasteiger partial charge on any atom is 0.268 e. The van der Waals surface area contributed by atoms with Crippen molar-refractivity contribution < 1.29 is 9.53 Å². The molecule has 0 bridgehead atoms. The zero-order valence-corrected chi connectivity index (χ0v) is 12.8. The molecule has 1 amide bonds. The summed E-state index contributed by atoms with van der Waals surface area (Å²) >= 11 is 3.41.